The van der Waals surface area contributed by atoms with Crippen LogP contribution >= 0.6 is 0 Å². The lowest BCUT2D eigenvalue weighted by molar-refractivity contribution is 0.0602. The van der Waals surface area contributed by atoms with Crippen LogP contribution < -0.4 is 5.32 Å². The van der Waals surface area contributed by atoms with Gasteiger partial charge in [-0.1, -0.05) is 0 Å². The first-order valence-corrected chi connectivity index (χ1v) is 6.53. The van der Waals surface area contributed by atoms with Crippen molar-refractivity contribution in [1.29, 1.82) is 0 Å². The van der Waals surface area contributed by atoms with Gasteiger partial charge in [-0.05, 0) is 37.6 Å². The van der Waals surface area contributed by atoms with Gasteiger partial charge in [0.1, 0.15) is 5.82 Å². The molecule has 0 saturated carbocycles. The summed E-state index contributed by atoms with van der Waals surface area (Å²) in [7, 11) is 1.40. The van der Waals surface area contributed by atoms with Crippen molar-refractivity contribution in [3.8, 4) is 0 Å². The van der Waals surface area contributed by atoms with E-state index in [1.54, 1.807) is 12.3 Å². The summed E-state index contributed by atoms with van der Waals surface area (Å²) in [6.07, 6.45) is 5.83. The lowest BCUT2D eigenvalue weighted by atomic mass is 10.0. The largest absolute Gasteiger partial charge is 0.465 e. The standard InChI is InChI=1S/C14H17N3O2/c1-19-14(18)11-3-2-6-17-12(11)9-16-13(17)7-10-4-5-15-8-10/h2-3,6,9-10,15H,4-5,7-8H2,1H3. The van der Waals surface area contributed by atoms with Crippen molar-refractivity contribution < 1.29 is 9.53 Å². The van der Waals surface area contributed by atoms with Gasteiger partial charge in [-0.15, -0.1) is 0 Å². The predicted octanol–water partition coefficient (Wildman–Crippen LogP) is 1.27. The lowest BCUT2D eigenvalue weighted by Gasteiger charge is -2.08. The fourth-order valence-electron chi connectivity index (χ4n) is 2.66. The first kappa shape index (κ1) is 12.2. The second kappa shape index (κ2) is 5.01. The minimum absolute atomic E-state index is 0.320. The van der Waals surface area contributed by atoms with Crippen molar-refractivity contribution >= 4 is 11.5 Å². The molecular weight excluding hydrogens is 242 g/mol. The highest BCUT2D eigenvalue weighted by Crippen LogP contribution is 2.18. The van der Waals surface area contributed by atoms with Crippen molar-refractivity contribution in [3.05, 3.63) is 35.9 Å². The number of rotatable bonds is 3. The number of nitrogens with zero attached hydrogens (tertiary/aromatic N) is 2. The van der Waals surface area contributed by atoms with Crippen LogP contribution in [0.5, 0.6) is 0 Å². The third-order valence-electron chi connectivity index (χ3n) is 3.69. The first-order chi connectivity index (χ1) is 9.29. The molecule has 0 bridgehead atoms. The molecule has 1 saturated heterocycles. The van der Waals surface area contributed by atoms with Crippen LogP contribution in [0.15, 0.2) is 24.5 Å². The summed E-state index contributed by atoms with van der Waals surface area (Å²) in [6.45, 7) is 2.13. The molecule has 1 atom stereocenters. The van der Waals surface area contributed by atoms with Gasteiger partial charge < -0.3 is 14.5 Å². The Labute approximate surface area is 111 Å². The van der Waals surface area contributed by atoms with Crippen molar-refractivity contribution in [3.63, 3.8) is 0 Å². The Morgan fingerprint density at radius 1 is 1.63 bits per heavy atom. The summed E-state index contributed by atoms with van der Waals surface area (Å²) < 4.78 is 6.79. The van der Waals surface area contributed by atoms with E-state index in [-0.39, 0.29) is 5.97 Å². The van der Waals surface area contributed by atoms with E-state index in [0.717, 1.165) is 30.9 Å². The van der Waals surface area contributed by atoms with Gasteiger partial charge >= 0.3 is 5.97 Å². The zero-order chi connectivity index (χ0) is 13.2. The Balaban J connectivity index is 1.96. The van der Waals surface area contributed by atoms with Gasteiger partial charge in [0.2, 0.25) is 0 Å². The van der Waals surface area contributed by atoms with Crippen LogP contribution in [-0.2, 0) is 11.2 Å². The Morgan fingerprint density at radius 2 is 2.53 bits per heavy atom. The van der Waals surface area contributed by atoms with Crippen LogP contribution in [0.2, 0.25) is 0 Å². The summed E-state index contributed by atoms with van der Waals surface area (Å²) >= 11 is 0. The lowest BCUT2D eigenvalue weighted by Crippen LogP contribution is -2.12. The Morgan fingerprint density at radius 3 is 3.26 bits per heavy atom. The number of hydrogen-bond donors (Lipinski definition) is 1. The van der Waals surface area contributed by atoms with E-state index in [4.69, 9.17) is 4.74 Å². The fraction of sp³-hybridized carbons (Fsp3) is 0.429. The van der Waals surface area contributed by atoms with E-state index < -0.39 is 0 Å². The van der Waals surface area contributed by atoms with Gasteiger partial charge in [-0.25, -0.2) is 9.78 Å². The molecule has 1 aliphatic rings. The van der Waals surface area contributed by atoms with E-state index in [2.05, 4.69) is 10.3 Å². The Hall–Kier alpha value is -1.88. The number of pyridine rings is 1. The second-order valence-electron chi connectivity index (χ2n) is 4.91. The second-order valence-corrected chi connectivity index (χ2v) is 4.91. The molecule has 1 aliphatic heterocycles. The molecule has 0 aliphatic carbocycles. The molecule has 1 N–H and O–H groups in total. The number of ether oxygens (including phenoxy) is 1. The summed E-state index contributed by atoms with van der Waals surface area (Å²) in [6, 6.07) is 3.63. The van der Waals surface area contributed by atoms with Crippen LogP contribution in [0.4, 0.5) is 0 Å². The normalized spacial score (nSPS) is 18.9. The quantitative estimate of drug-likeness (QED) is 0.843. The number of carbonyl (C=O) groups is 1. The van der Waals surface area contributed by atoms with Gasteiger partial charge in [-0.2, -0.15) is 0 Å². The van der Waals surface area contributed by atoms with Gasteiger partial charge in [0.15, 0.2) is 0 Å². The number of fused-ring (bicyclic) bond motifs is 1. The van der Waals surface area contributed by atoms with E-state index in [9.17, 15) is 4.79 Å². The smallest absolute Gasteiger partial charge is 0.340 e. The molecule has 0 radical (unpaired) electrons. The van der Waals surface area contributed by atoms with E-state index in [1.165, 1.54) is 13.5 Å². The SMILES string of the molecule is COC(=O)c1cccn2c(CC3CCNC3)ncc12. The number of aromatic nitrogens is 2. The van der Waals surface area contributed by atoms with Gasteiger partial charge in [0, 0.05) is 12.6 Å². The van der Waals surface area contributed by atoms with Crippen molar-refractivity contribution in [2.75, 3.05) is 20.2 Å². The highest BCUT2D eigenvalue weighted by molar-refractivity contribution is 5.96. The zero-order valence-electron chi connectivity index (χ0n) is 10.9. The number of nitrogens with one attached hydrogen (secondary N) is 1. The molecule has 3 heterocycles. The van der Waals surface area contributed by atoms with Crippen LogP contribution in [0, 0.1) is 5.92 Å². The van der Waals surface area contributed by atoms with Gasteiger partial charge in [0.25, 0.3) is 0 Å². The summed E-state index contributed by atoms with van der Waals surface area (Å²) in [5, 5.41) is 3.36. The molecule has 1 unspecified atom stereocenters. The molecule has 3 rings (SSSR count). The van der Waals surface area contributed by atoms with Gasteiger partial charge in [-0.3, -0.25) is 0 Å². The van der Waals surface area contributed by atoms with Crippen molar-refractivity contribution in [2.24, 2.45) is 5.92 Å². The van der Waals surface area contributed by atoms with Crippen molar-refractivity contribution in [1.82, 2.24) is 14.7 Å². The van der Waals surface area contributed by atoms with Gasteiger partial charge in [0.05, 0.1) is 24.4 Å². The van der Waals surface area contributed by atoms with Crippen LogP contribution in [0.25, 0.3) is 5.52 Å². The maximum atomic E-state index is 11.7. The molecule has 0 aromatic carbocycles. The molecule has 100 valence electrons. The zero-order valence-corrected chi connectivity index (χ0v) is 10.9. The molecule has 5 nitrogen and oxygen atoms in total. The molecule has 0 amide bonds. The maximum Gasteiger partial charge on any atom is 0.340 e. The van der Waals surface area contributed by atoms with Crippen LogP contribution in [0.3, 0.4) is 0 Å². The molecule has 1 fully saturated rings. The van der Waals surface area contributed by atoms with E-state index >= 15 is 0 Å². The monoisotopic (exact) mass is 259 g/mol. The highest BCUT2D eigenvalue weighted by atomic mass is 16.5. The van der Waals surface area contributed by atoms with Crippen LogP contribution in [0.1, 0.15) is 22.6 Å². The number of esters is 1. The summed E-state index contributed by atoms with van der Waals surface area (Å²) in [5.74, 6) is 1.32. The molecule has 0 spiro atoms. The number of hydrogen-bond acceptors (Lipinski definition) is 4. The van der Waals surface area contributed by atoms with E-state index in [1.807, 2.05) is 16.7 Å². The number of imidazole rings is 1. The van der Waals surface area contributed by atoms with Crippen molar-refractivity contribution in [2.45, 2.75) is 12.8 Å². The molecule has 5 heteroatoms. The average molecular weight is 259 g/mol. The maximum absolute atomic E-state index is 11.7. The minimum atomic E-state index is -0.320. The Bertz CT molecular complexity index is 600. The Kier molecular flexibility index (Phi) is 3.21. The molecule has 2 aromatic heterocycles. The predicted molar refractivity (Wildman–Crippen MR) is 71.2 cm³/mol. The van der Waals surface area contributed by atoms with Crippen LogP contribution in [-0.4, -0.2) is 35.6 Å². The minimum Gasteiger partial charge on any atom is -0.465 e. The summed E-state index contributed by atoms with van der Waals surface area (Å²) in [4.78, 5) is 16.2. The molecule has 19 heavy (non-hydrogen) atoms. The number of methoxy groups -OCH3 is 1. The van der Waals surface area contributed by atoms with E-state index in [0.29, 0.717) is 11.5 Å². The summed E-state index contributed by atoms with van der Waals surface area (Å²) in [5.41, 5.74) is 1.38. The number of carbonyl (C=O) groups excluding carboxylic acids is 1. The third-order valence-corrected chi connectivity index (χ3v) is 3.69. The fourth-order valence-corrected chi connectivity index (χ4v) is 2.66. The molecule has 2 aromatic rings. The third kappa shape index (κ3) is 2.21. The first-order valence-electron chi connectivity index (χ1n) is 6.53. The highest BCUT2D eigenvalue weighted by Gasteiger charge is 2.19. The molecular formula is C14H17N3O2. The topological polar surface area (TPSA) is 55.6 Å². The average Bonchev–Trinajstić information content (AvgIpc) is 3.08.